The average molecular weight is 257 g/mol. The molecule has 98 valence electrons. The second kappa shape index (κ2) is 5.32. The molecule has 0 saturated heterocycles. The lowest BCUT2D eigenvalue weighted by molar-refractivity contribution is -0.102. The highest BCUT2D eigenvalue weighted by Crippen LogP contribution is 2.33. The van der Waals surface area contributed by atoms with Crippen LogP contribution in [0.3, 0.4) is 0 Å². The Labute approximate surface area is 111 Å². The fourth-order valence-electron chi connectivity index (χ4n) is 2.58. The Bertz CT molecular complexity index is 525. The Morgan fingerprint density at radius 1 is 1.47 bits per heavy atom. The highest BCUT2D eigenvalue weighted by Gasteiger charge is 2.30. The van der Waals surface area contributed by atoms with E-state index in [4.69, 9.17) is 4.84 Å². The Kier molecular flexibility index (Phi) is 3.37. The van der Waals surface area contributed by atoms with E-state index in [1.54, 1.807) is 12.4 Å². The molecule has 0 spiro atoms. The van der Waals surface area contributed by atoms with Gasteiger partial charge in [-0.15, -0.1) is 0 Å². The van der Waals surface area contributed by atoms with Gasteiger partial charge >= 0.3 is 0 Å². The molecule has 1 aromatic heterocycles. The minimum Gasteiger partial charge on any atom is -0.413 e. The summed E-state index contributed by atoms with van der Waals surface area (Å²) in [5.74, 6) is 1.17. The van der Waals surface area contributed by atoms with Crippen LogP contribution in [-0.2, 0) is 9.63 Å². The Morgan fingerprint density at radius 3 is 3.11 bits per heavy atom. The molecule has 1 aromatic rings. The maximum Gasteiger partial charge on any atom is 0.164 e. The van der Waals surface area contributed by atoms with Crippen LogP contribution in [0.15, 0.2) is 41.4 Å². The van der Waals surface area contributed by atoms with E-state index in [1.165, 1.54) is 0 Å². The summed E-state index contributed by atoms with van der Waals surface area (Å²) in [4.78, 5) is 25.1. The van der Waals surface area contributed by atoms with Gasteiger partial charge in [0.05, 0.1) is 12.3 Å². The maximum atomic E-state index is 11.2. The van der Waals surface area contributed by atoms with Gasteiger partial charge in [0.2, 0.25) is 0 Å². The third-order valence-corrected chi connectivity index (χ3v) is 3.56. The van der Waals surface area contributed by atoms with Gasteiger partial charge < -0.3 is 4.84 Å². The third kappa shape index (κ3) is 2.42. The topological polar surface area (TPSA) is 63.6 Å². The van der Waals surface area contributed by atoms with E-state index in [0.717, 1.165) is 30.6 Å². The summed E-state index contributed by atoms with van der Waals surface area (Å²) in [5, 5.41) is 0. The number of hydrogen-bond donors (Lipinski definition) is 1. The molecule has 2 aliphatic rings. The predicted molar refractivity (Wildman–Crippen MR) is 70.6 cm³/mol. The molecule has 0 aromatic carbocycles. The monoisotopic (exact) mass is 257 g/mol. The number of nitrogens with zero attached hydrogens (tertiary/aromatic N) is 2. The number of pyridine rings is 1. The van der Waals surface area contributed by atoms with Gasteiger partial charge in [-0.3, -0.25) is 14.8 Å². The molecule has 2 unspecified atom stereocenters. The average Bonchev–Trinajstić information content (AvgIpc) is 3.02. The van der Waals surface area contributed by atoms with Crippen molar-refractivity contribution < 1.29 is 9.63 Å². The maximum absolute atomic E-state index is 11.2. The molecule has 0 radical (unpaired) electrons. The van der Waals surface area contributed by atoms with E-state index in [1.807, 2.05) is 18.2 Å². The van der Waals surface area contributed by atoms with Gasteiger partial charge in [-0.25, -0.2) is 0 Å². The molecule has 1 N–H and O–H groups in total. The van der Waals surface area contributed by atoms with Crippen molar-refractivity contribution >= 4 is 12.0 Å². The molecule has 5 nitrogen and oxygen atoms in total. The molecule has 0 bridgehead atoms. The standard InChI is InChI=1S/C14H15N3O2/c18-9-13-12(10-2-1-4-15-7-10)6-11(8-16-13)14-3-5-17-19-14/h1-4,7,9,11-12,17H,5-6,8H2. The van der Waals surface area contributed by atoms with E-state index < -0.39 is 0 Å². The van der Waals surface area contributed by atoms with Gasteiger partial charge in [-0.2, -0.15) is 5.48 Å². The van der Waals surface area contributed by atoms with Crippen molar-refractivity contribution in [1.82, 2.24) is 10.5 Å². The summed E-state index contributed by atoms with van der Waals surface area (Å²) in [6.07, 6.45) is 7.25. The van der Waals surface area contributed by atoms with E-state index in [0.29, 0.717) is 12.3 Å². The number of aliphatic imine (C=N–C) groups is 1. The second-order valence-corrected chi connectivity index (χ2v) is 4.71. The first kappa shape index (κ1) is 12.0. The molecule has 0 aliphatic carbocycles. The predicted octanol–water partition coefficient (Wildman–Crippen LogP) is 1.24. The molecule has 2 aliphatic heterocycles. The van der Waals surface area contributed by atoms with Gasteiger partial charge in [0, 0.05) is 30.8 Å². The minimum absolute atomic E-state index is 0.00931. The number of carbonyl (C=O) groups is 1. The third-order valence-electron chi connectivity index (χ3n) is 3.56. The number of nitrogens with one attached hydrogen (secondary N) is 1. The zero-order valence-corrected chi connectivity index (χ0v) is 10.5. The fraction of sp³-hybridized carbons (Fsp3) is 0.357. The van der Waals surface area contributed by atoms with Crippen molar-refractivity contribution in [2.75, 3.05) is 13.1 Å². The van der Waals surface area contributed by atoms with Gasteiger partial charge in [0.15, 0.2) is 6.29 Å². The van der Waals surface area contributed by atoms with Gasteiger partial charge in [-0.05, 0) is 24.1 Å². The zero-order valence-electron chi connectivity index (χ0n) is 10.5. The highest BCUT2D eigenvalue weighted by molar-refractivity contribution is 6.31. The van der Waals surface area contributed by atoms with Crippen LogP contribution in [-0.4, -0.2) is 30.1 Å². The van der Waals surface area contributed by atoms with E-state index in [9.17, 15) is 4.79 Å². The van der Waals surface area contributed by atoms with Crippen LogP contribution in [0.25, 0.3) is 0 Å². The van der Waals surface area contributed by atoms with Gasteiger partial charge in [0.1, 0.15) is 5.76 Å². The largest absolute Gasteiger partial charge is 0.413 e. The van der Waals surface area contributed by atoms with Crippen molar-refractivity contribution in [1.29, 1.82) is 0 Å². The van der Waals surface area contributed by atoms with Crippen LogP contribution < -0.4 is 5.48 Å². The van der Waals surface area contributed by atoms with Gasteiger partial charge in [0.25, 0.3) is 0 Å². The lowest BCUT2D eigenvalue weighted by atomic mass is 9.83. The molecule has 0 saturated carbocycles. The van der Waals surface area contributed by atoms with Crippen LogP contribution in [0.1, 0.15) is 17.9 Å². The molecule has 0 amide bonds. The van der Waals surface area contributed by atoms with E-state index in [2.05, 4.69) is 15.5 Å². The number of hydroxylamine groups is 1. The van der Waals surface area contributed by atoms with Crippen LogP contribution in [0.2, 0.25) is 0 Å². The van der Waals surface area contributed by atoms with Gasteiger partial charge in [-0.1, -0.05) is 6.07 Å². The van der Waals surface area contributed by atoms with E-state index >= 15 is 0 Å². The number of hydrogen-bond acceptors (Lipinski definition) is 5. The molecule has 0 fully saturated rings. The molecular formula is C14H15N3O2. The summed E-state index contributed by atoms with van der Waals surface area (Å²) in [5.41, 5.74) is 4.47. The molecule has 2 atom stereocenters. The van der Waals surface area contributed by atoms with Crippen LogP contribution in [0, 0.1) is 5.92 Å². The number of carbonyl (C=O) groups excluding carboxylic acids is 1. The summed E-state index contributed by atoms with van der Waals surface area (Å²) in [6, 6.07) is 3.87. The van der Waals surface area contributed by atoms with Crippen molar-refractivity contribution in [3.05, 3.63) is 41.9 Å². The molecule has 3 rings (SSSR count). The number of aromatic nitrogens is 1. The summed E-state index contributed by atoms with van der Waals surface area (Å²) in [6.45, 7) is 1.34. The summed E-state index contributed by atoms with van der Waals surface area (Å²) < 4.78 is 0. The number of rotatable bonds is 3. The lowest BCUT2D eigenvalue weighted by Crippen LogP contribution is -2.27. The fourth-order valence-corrected chi connectivity index (χ4v) is 2.58. The minimum atomic E-state index is 0.00931. The molecule has 19 heavy (non-hydrogen) atoms. The highest BCUT2D eigenvalue weighted by atomic mass is 16.7. The van der Waals surface area contributed by atoms with Crippen LogP contribution >= 0.6 is 0 Å². The molecule has 3 heterocycles. The quantitative estimate of drug-likeness (QED) is 0.828. The van der Waals surface area contributed by atoms with Crippen molar-refractivity contribution in [3.63, 3.8) is 0 Å². The molecular weight excluding hydrogens is 242 g/mol. The van der Waals surface area contributed by atoms with Crippen molar-refractivity contribution in [3.8, 4) is 0 Å². The first-order valence-electron chi connectivity index (χ1n) is 6.37. The summed E-state index contributed by atoms with van der Waals surface area (Å²) >= 11 is 0. The smallest absolute Gasteiger partial charge is 0.164 e. The van der Waals surface area contributed by atoms with Crippen LogP contribution in [0.4, 0.5) is 0 Å². The summed E-state index contributed by atoms with van der Waals surface area (Å²) in [7, 11) is 0. The zero-order chi connectivity index (χ0) is 13.1. The van der Waals surface area contributed by atoms with Crippen molar-refractivity contribution in [2.24, 2.45) is 10.9 Å². The van der Waals surface area contributed by atoms with E-state index in [-0.39, 0.29) is 11.8 Å². The number of aldehydes is 1. The first-order valence-corrected chi connectivity index (χ1v) is 6.37. The first-order chi connectivity index (χ1) is 9.38. The van der Waals surface area contributed by atoms with Crippen molar-refractivity contribution in [2.45, 2.75) is 12.3 Å². The lowest BCUT2D eigenvalue weighted by Gasteiger charge is -2.27. The molecule has 5 heteroatoms. The normalized spacial score (nSPS) is 26.3. The SMILES string of the molecule is O=CC1=NCC(C2=CCNO2)CC1c1cccnc1. The Hall–Kier alpha value is -2.01. The Balaban J connectivity index is 1.86. The van der Waals surface area contributed by atoms with Crippen LogP contribution in [0.5, 0.6) is 0 Å². The Morgan fingerprint density at radius 2 is 2.42 bits per heavy atom. The second-order valence-electron chi connectivity index (χ2n) is 4.71.